The normalized spacial score (nSPS) is 18.6. The van der Waals surface area contributed by atoms with Crippen molar-refractivity contribution in [1.29, 1.82) is 0 Å². The van der Waals surface area contributed by atoms with Gasteiger partial charge in [-0.3, -0.25) is 4.99 Å². The smallest absolute Gasteiger partial charge is 0.394 e. The molecule has 2 aromatic carbocycles. The zero-order valence-electron chi connectivity index (χ0n) is 20.2. The van der Waals surface area contributed by atoms with Crippen molar-refractivity contribution < 1.29 is 22.0 Å². The molecule has 1 aliphatic heterocycles. The number of furan rings is 1. The first-order valence-corrected chi connectivity index (χ1v) is 11.5. The van der Waals surface area contributed by atoms with Crippen LogP contribution in [0, 0.1) is 25.1 Å². The molecule has 0 spiro atoms. The van der Waals surface area contributed by atoms with Crippen LogP contribution < -0.4 is 0 Å². The van der Waals surface area contributed by atoms with Gasteiger partial charge in [0.05, 0.1) is 23.5 Å². The summed E-state index contributed by atoms with van der Waals surface area (Å²) in [5.74, 6) is -0.370. The van der Waals surface area contributed by atoms with Crippen molar-refractivity contribution in [2.75, 3.05) is 7.05 Å². The lowest BCUT2D eigenvalue weighted by Gasteiger charge is -2.33. The predicted molar refractivity (Wildman–Crippen MR) is 132 cm³/mol. The van der Waals surface area contributed by atoms with Gasteiger partial charge in [-0.15, -0.1) is 0 Å². The first-order valence-electron chi connectivity index (χ1n) is 11.5. The zero-order valence-corrected chi connectivity index (χ0v) is 20.2. The van der Waals surface area contributed by atoms with E-state index in [4.69, 9.17) is 4.42 Å². The molecule has 3 nitrogen and oxygen atoms in total. The van der Waals surface area contributed by atoms with Gasteiger partial charge in [0.2, 0.25) is 0 Å². The van der Waals surface area contributed by atoms with Crippen molar-refractivity contribution in [2.24, 2.45) is 10.4 Å². The van der Waals surface area contributed by atoms with Crippen LogP contribution in [0.15, 0.2) is 63.0 Å². The molecule has 182 valence electrons. The van der Waals surface area contributed by atoms with E-state index in [9.17, 15) is 17.6 Å². The van der Waals surface area contributed by atoms with Gasteiger partial charge in [-0.1, -0.05) is 32.1 Å². The van der Waals surface area contributed by atoms with Crippen LogP contribution in [-0.4, -0.2) is 30.5 Å². The van der Waals surface area contributed by atoms with E-state index in [-0.39, 0.29) is 12.2 Å². The summed E-state index contributed by atoms with van der Waals surface area (Å²) >= 11 is 0. The summed E-state index contributed by atoms with van der Waals surface area (Å²) in [6, 6.07) is 6.17. The molecule has 0 N–H and O–H groups in total. The number of hydrogen-bond acceptors (Lipinski definition) is 3. The van der Waals surface area contributed by atoms with Crippen LogP contribution in [-0.2, 0) is 0 Å². The number of benzene rings is 2. The van der Waals surface area contributed by atoms with Crippen molar-refractivity contribution in [2.45, 2.75) is 46.3 Å². The van der Waals surface area contributed by atoms with E-state index in [0.717, 1.165) is 38.7 Å². The van der Waals surface area contributed by atoms with Crippen LogP contribution in [0.4, 0.5) is 17.6 Å². The predicted octanol–water partition coefficient (Wildman–Crippen LogP) is 7.87. The first kappa shape index (κ1) is 23.4. The third-order valence-electron chi connectivity index (χ3n) is 7.09. The molecule has 0 radical (unpaired) electrons. The van der Waals surface area contributed by atoms with Crippen molar-refractivity contribution in [1.82, 2.24) is 4.90 Å². The van der Waals surface area contributed by atoms with Crippen LogP contribution in [0.3, 0.4) is 0 Å². The maximum atomic E-state index is 13.9. The van der Waals surface area contributed by atoms with Crippen LogP contribution in [0.1, 0.15) is 37.0 Å². The highest BCUT2D eigenvalue weighted by molar-refractivity contribution is 6.09. The molecule has 7 heteroatoms. The minimum Gasteiger partial charge on any atom is -0.455 e. The summed E-state index contributed by atoms with van der Waals surface area (Å²) in [5, 5.41) is 1.72. The van der Waals surface area contributed by atoms with Gasteiger partial charge in [-0.25, -0.2) is 4.39 Å². The Kier molecular flexibility index (Phi) is 5.24. The number of aliphatic imine (C=N–C) groups is 1. The fraction of sp³-hybridized carbons (Fsp3) is 0.321. The van der Waals surface area contributed by atoms with Crippen molar-refractivity contribution in [3.63, 3.8) is 0 Å². The number of rotatable bonds is 3. The molecule has 0 fully saturated rings. The van der Waals surface area contributed by atoms with Crippen LogP contribution >= 0.6 is 0 Å². The highest BCUT2D eigenvalue weighted by atomic mass is 19.4. The summed E-state index contributed by atoms with van der Waals surface area (Å²) in [4.78, 5) is 6.50. The van der Waals surface area contributed by atoms with E-state index in [1.807, 2.05) is 44.0 Å². The molecular weight excluding hydrogens is 456 g/mol. The van der Waals surface area contributed by atoms with Crippen LogP contribution in [0.25, 0.3) is 27.6 Å². The van der Waals surface area contributed by atoms with Crippen LogP contribution in [0.2, 0.25) is 0 Å². The maximum absolute atomic E-state index is 13.9. The van der Waals surface area contributed by atoms with E-state index in [1.165, 1.54) is 26.0 Å². The number of halogens is 4. The monoisotopic (exact) mass is 482 g/mol. The molecular formula is C28H26F4N2O. The number of allylic oxidation sites excluding steroid dienone is 2. The highest BCUT2D eigenvalue weighted by Gasteiger charge is 2.47. The van der Waals surface area contributed by atoms with E-state index >= 15 is 0 Å². The average molecular weight is 483 g/mol. The minimum atomic E-state index is -4.30. The standard InChI is InChI=1S/C28H26F4N2O/c1-15-10-21-19-9-7-18(29)12-23(19)35-26(21)24(16(15)2)25-20-8-6-17(11-22(20)33-14-34(25)5)13-27(3,4)28(30,31)32/h6-12,14,22H,13H2,1-5H3. The number of fused-ring (bicyclic) bond motifs is 4. The average Bonchev–Trinajstić information content (AvgIpc) is 3.11. The van der Waals surface area contributed by atoms with Gasteiger partial charge in [0.25, 0.3) is 0 Å². The fourth-order valence-corrected chi connectivity index (χ4v) is 4.86. The Bertz CT molecular complexity index is 1480. The summed E-state index contributed by atoms with van der Waals surface area (Å²) in [6.45, 7) is 6.47. The molecule has 5 rings (SSSR count). The molecule has 0 amide bonds. The molecule has 2 aliphatic rings. The number of nitrogens with zero attached hydrogens (tertiary/aromatic N) is 2. The fourth-order valence-electron chi connectivity index (χ4n) is 4.86. The summed E-state index contributed by atoms with van der Waals surface area (Å²) in [7, 11) is 1.89. The maximum Gasteiger partial charge on any atom is 0.394 e. The SMILES string of the molecule is Cc1cc2c(oc3cc(F)ccc32)c(C2=C3C=CC(CC(C)(C)C(F)(F)F)=CC3N=CN2C)c1C. The first-order chi connectivity index (χ1) is 16.4. The van der Waals surface area contributed by atoms with E-state index < -0.39 is 17.6 Å². The lowest BCUT2D eigenvalue weighted by atomic mass is 9.81. The topological polar surface area (TPSA) is 28.7 Å². The van der Waals surface area contributed by atoms with E-state index in [1.54, 1.807) is 18.5 Å². The molecule has 2 heterocycles. The Morgan fingerprint density at radius 1 is 1.06 bits per heavy atom. The number of hydrogen-bond donors (Lipinski definition) is 0. The molecule has 0 bridgehead atoms. The molecule has 3 aromatic rings. The summed E-state index contributed by atoms with van der Waals surface area (Å²) in [5.41, 5.74) is 4.59. The minimum absolute atomic E-state index is 0.125. The second-order valence-electron chi connectivity index (χ2n) is 10.1. The Labute approximate surface area is 201 Å². The Morgan fingerprint density at radius 3 is 2.51 bits per heavy atom. The van der Waals surface area contributed by atoms with Crippen molar-refractivity contribution in [3.8, 4) is 0 Å². The Balaban J connectivity index is 1.68. The van der Waals surface area contributed by atoms with E-state index in [0.29, 0.717) is 16.7 Å². The molecule has 1 atom stereocenters. The van der Waals surface area contributed by atoms with Gasteiger partial charge in [0, 0.05) is 35.0 Å². The third kappa shape index (κ3) is 3.77. The van der Waals surface area contributed by atoms with Crippen LogP contribution in [0.5, 0.6) is 0 Å². The lowest BCUT2D eigenvalue weighted by Crippen LogP contribution is -2.33. The molecule has 1 aromatic heterocycles. The molecule has 35 heavy (non-hydrogen) atoms. The van der Waals surface area contributed by atoms with Gasteiger partial charge >= 0.3 is 6.18 Å². The van der Waals surface area contributed by atoms with Gasteiger partial charge in [-0.05, 0) is 55.2 Å². The zero-order chi connectivity index (χ0) is 25.3. The second kappa shape index (κ2) is 7.83. The molecule has 1 aliphatic carbocycles. The largest absolute Gasteiger partial charge is 0.455 e. The van der Waals surface area contributed by atoms with Crippen molar-refractivity contribution in [3.05, 3.63) is 76.1 Å². The molecule has 1 unspecified atom stereocenters. The van der Waals surface area contributed by atoms with Crippen molar-refractivity contribution >= 4 is 34.0 Å². The Morgan fingerprint density at radius 2 is 1.80 bits per heavy atom. The van der Waals surface area contributed by atoms with E-state index in [2.05, 4.69) is 4.99 Å². The lowest BCUT2D eigenvalue weighted by molar-refractivity contribution is -0.210. The number of aryl methyl sites for hydroxylation is 1. The summed E-state index contributed by atoms with van der Waals surface area (Å²) < 4.78 is 60.5. The van der Waals surface area contributed by atoms with Gasteiger partial charge in [-0.2, -0.15) is 13.2 Å². The number of alkyl halides is 3. The van der Waals surface area contributed by atoms with Gasteiger partial charge < -0.3 is 9.32 Å². The molecule has 0 saturated carbocycles. The van der Waals surface area contributed by atoms with Gasteiger partial charge in [0.15, 0.2) is 0 Å². The summed E-state index contributed by atoms with van der Waals surface area (Å²) in [6.07, 6.45) is 2.70. The Hall–Kier alpha value is -3.35. The highest BCUT2D eigenvalue weighted by Crippen LogP contribution is 2.45. The second-order valence-corrected chi connectivity index (χ2v) is 10.1. The quantitative estimate of drug-likeness (QED) is 0.356. The molecule has 0 saturated heterocycles. The third-order valence-corrected chi connectivity index (χ3v) is 7.09. The van der Waals surface area contributed by atoms with Gasteiger partial charge in [0.1, 0.15) is 17.0 Å².